The molecule has 6 nitrogen and oxygen atoms in total. The van der Waals surface area contributed by atoms with Crippen LogP contribution >= 0.6 is 22.9 Å². The highest BCUT2D eigenvalue weighted by Gasteiger charge is 2.25. The quantitative estimate of drug-likeness (QED) is 0.299. The van der Waals surface area contributed by atoms with Crippen molar-refractivity contribution in [1.29, 1.82) is 0 Å². The molecule has 33 heavy (non-hydrogen) atoms. The van der Waals surface area contributed by atoms with Gasteiger partial charge in [0, 0.05) is 26.3 Å². The predicted molar refractivity (Wildman–Crippen MR) is 131 cm³/mol. The Morgan fingerprint density at radius 1 is 1.09 bits per heavy atom. The zero-order valence-electron chi connectivity index (χ0n) is 18.4. The molecule has 0 saturated carbocycles. The minimum Gasteiger partial charge on any atom is -0.437 e. The van der Waals surface area contributed by atoms with Crippen LogP contribution in [0, 0.1) is 0 Å². The van der Waals surface area contributed by atoms with Gasteiger partial charge in [-0.05, 0) is 23.6 Å². The van der Waals surface area contributed by atoms with E-state index in [1.807, 2.05) is 67.0 Å². The molecule has 0 spiro atoms. The lowest BCUT2D eigenvalue weighted by Crippen LogP contribution is -2.33. The predicted octanol–water partition coefficient (Wildman–Crippen LogP) is 5.88. The van der Waals surface area contributed by atoms with Crippen molar-refractivity contribution in [2.24, 2.45) is 7.05 Å². The monoisotopic (exact) mass is 481 g/mol. The van der Waals surface area contributed by atoms with Gasteiger partial charge >= 0.3 is 0 Å². The third kappa shape index (κ3) is 5.27. The van der Waals surface area contributed by atoms with Crippen molar-refractivity contribution >= 4 is 28.8 Å². The molecule has 0 fully saturated rings. The van der Waals surface area contributed by atoms with Crippen LogP contribution in [0.25, 0.3) is 11.3 Å². The summed E-state index contributed by atoms with van der Waals surface area (Å²) in [6, 6.07) is 20.9. The molecule has 170 valence electrons. The Bertz CT molecular complexity index is 1210. The van der Waals surface area contributed by atoms with Crippen LogP contribution in [-0.4, -0.2) is 40.8 Å². The van der Waals surface area contributed by atoms with Gasteiger partial charge in [-0.3, -0.25) is 4.79 Å². The van der Waals surface area contributed by atoms with Gasteiger partial charge < -0.3 is 14.4 Å². The molecule has 4 rings (SSSR count). The van der Waals surface area contributed by atoms with Crippen LogP contribution in [0.2, 0.25) is 5.02 Å². The standard InChI is InChI=1S/C25H24ClN3O3S/c1-28-25(32-21-12-7-6-11-20(21)26)19(23(27-28)18-9-4-3-5-10-18)17-29(14-15-31-2)24(30)22-13-8-16-33-22/h3-13,16H,14-15,17H2,1-2H3. The maximum atomic E-state index is 13.3. The van der Waals surface area contributed by atoms with Gasteiger partial charge in [-0.15, -0.1) is 11.3 Å². The molecule has 2 aromatic carbocycles. The Kier molecular flexibility index (Phi) is 7.44. The first-order chi connectivity index (χ1) is 16.1. The smallest absolute Gasteiger partial charge is 0.264 e. The molecular formula is C25H24ClN3O3S. The highest BCUT2D eigenvalue weighted by atomic mass is 35.5. The molecule has 0 bridgehead atoms. The zero-order valence-corrected chi connectivity index (χ0v) is 20.0. The molecule has 0 radical (unpaired) electrons. The number of hydrogen-bond donors (Lipinski definition) is 0. The SMILES string of the molecule is COCCN(Cc1c(-c2ccccc2)nn(C)c1Oc1ccccc1Cl)C(=O)c1cccs1. The van der Waals surface area contributed by atoms with Crippen LogP contribution < -0.4 is 4.74 Å². The fourth-order valence-electron chi connectivity index (χ4n) is 3.48. The molecule has 2 heterocycles. The van der Waals surface area contributed by atoms with Gasteiger partial charge in [0.1, 0.15) is 11.4 Å². The first kappa shape index (κ1) is 23.0. The summed E-state index contributed by atoms with van der Waals surface area (Å²) in [5.74, 6) is 0.994. The molecule has 1 amide bonds. The van der Waals surface area contributed by atoms with E-state index in [2.05, 4.69) is 0 Å². The van der Waals surface area contributed by atoms with Gasteiger partial charge in [-0.25, -0.2) is 4.68 Å². The molecular weight excluding hydrogens is 458 g/mol. The molecule has 4 aromatic rings. The molecule has 0 aliphatic carbocycles. The number of hydrogen-bond acceptors (Lipinski definition) is 5. The molecule has 0 aliphatic rings. The molecule has 0 N–H and O–H groups in total. The van der Waals surface area contributed by atoms with Crippen LogP contribution in [-0.2, 0) is 18.3 Å². The highest BCUT2D eigenvalue weighted by molar-refractivity contribution is 7.12. The maximum absolute atomic E-state index is 13.3. The molecule has 0 saturated heterocycles. The molecule has 8 heteroatoms. The number of nitrogens with zero attached hydrogens (tertiary/aromatic N) is 3. The van der Waals surface area contributed by atoms with E-state index < -0.39 is 0 Å². The normalized spacial score (nSPS) is 10.9. The van der Waals surface area contributed by atoms with Gasteiger partial charge in [0.05, 0.1) is 28.6 Å². The fourth-order valence-corrected chi connectivity index (χ4v) is 4.35. The number of amides is 1. The number of carbonyl (C=O) groups excluding carboxylic acids is 1. The average molecular weight is 482 g/mol. The van der Waals surface area contributed by atoms with Gasteiger partial charge in [-0.2, -0.15) is 5.10 Å². The summed E-state index contributed by atoms with van der Waals surface area (Å²) in [6.07, 6.45) is 0. The Balaban J connectivity index is 1.77. The van der Waals surface area contributed by atoms with Gasteiger partial charge in [0.15, 0.2) is 0 Å². The van der Waals surface area contributed by atoms with Crippen molar-refractivity contribution in [2.75, 3.05) is 20.3 Å². The summed E-state index contributed by atoms with van der Waals surface area (Å²) in [5.41, 5.74) is 2.48. The summed E-state index contributed by atoms with van der Waals surface area (Å²) in [7, 11) is 3.45. The number of para-hydroxylation sites is 1. The van der Waals surface area contributed by atoms with Crippen molar-refractivity contribution in [1.82, 2.24) is 14.7 Å². The Hall–Kier alpha value is -3.13. The van der Waals surface area contributed by atoms with Crippen LogP contribution in [0.5, 0.6) is 11.6 Å². The Labute approximate surface area is 201 Å². The van der Waals surface area contributed by atoms with Crippen LogP contribution in [0.1, 0.15) is 15.2 Å². The van der Waals surface area contributed by atoms with E-state index in [9.17, 15) is 4.79 Å². The van der Waals surface area contributed by atoms with Gasteiger partial charge in [0.2, 0.25) is 5.88 Å². The third-order valence-electron chi connectivity index (χ3n) is 5.11. The average Bonchev–Trinajstić information content (AvgIpc) is 3.47. The summed E-state index contributed by atoms with van der Waals surface area (Å²) in [4.78, 5) is 15.7. The molecule has 0 unspecified atom stereocenters. The number of methoxy groups -OCH3 is 1. The van der Waals surface area contributed by atoms with Crippen molar-refractivity contribution in [2.45, 2.75) is 6.54 Å². The van der Waals surface area contributed by atoms with E-state index in [1.165, 1.54) is 11.3 Å². The lowest BCUT2D eigenvalue weighted by atomic mass is 10.1. The van der Waals surface area contributed by atoms with E-state index in [-0.39, 0.29) is 5.91 Å². The minimum absolute atomic E-state index is 0.0615. The van der Waals surface area contributed by atoms with E-state index in [1.54, 1.807) is 28.8 Å². The Morgan fingerprint density at radius 3 is 2.55 bits per heavy atom. The lowest BCUT2D eigenvalue weighted by molar-refractivity contribution is 0.0684. The maximum Gasteiger partial charge on any atom is 0.264 e. The highest BCUT2D eigenvalue weighted by Crippen LogP contribution is 2.36. The lowest BCUT2D eigenvalue weighted by Gasteiger charge is -2.22. The van der Waals surface area contributed by atoms with Gasteiger partial charge in [-0.1, -0.05) is 60.1 Å². The van der Waals surface area contributed by atoms with Crippen LogP contribution in [0.15, 0.2) is 72.1 Å². The second-order valence-electron chi connectivity index (χ2n) is 7.35. The van der Waals surface area contributed by atoms with E-state index in [0.717, 1.165) is 16.8 Å². The summed E-state index contributed by atoms with van der Waals surface area (Å²) >= 11 is 7.78. The van der Waals surface area contributed by atoms with Crippen molar-refractivity contribution < 1.29 is 14.3 Å². The number of ether oxygens (including phenoxy) is 2. The fraction of sp³-hybridized carbons (Fsp3) is 0.200. The Morgan fingerprint density at radius 2 is 1.85 bits per heavy atom. The number of benzene rings is 2. The minimum atomic E-state index is -0.0615. The number of halogens is 1. The molecule has 0 aliphatic heterocycles. The van der Waals surface area contributed by atoms with E-state index in [0.29, 0.717) is 41.2 Å². The van der Waals surface area contributed by atoms with Crippen LogP contribution in [0.3, 0.4) is 0 Å². The molecule has 2 aromatic heterocycles. The van der Waals surface area contributed by atoms with Crippen molar-refractivity contribution in [3.63, 3.8) is 0 Å². The van der Waals surface area contributed by atoms with E-state index in [4.69, 9.17) is 26.2 Å². The first-order valence-electron chi connectivity index (χ1n) is 10.4. The summed E-state index contributed by atoms with van der Waals surface area (Å²) in [5, 5.41) is 7.14. The first-order valence-corrected chi connectivity index (χ1v) is 11.7. The number of rotatable bonds is 9. The largest absolute Gasteiger partial charge is 0.437 e. The number of aryl methyl sites for hydroxylation is 1. The molecule has 0 atom stereocenters. The number of carbonyl (C=O) groups is 1. The summed E-state index contributed by atoms with van der Waals surface area (Å²) < 4.78 is 13.2. The van der Waals surface area contributed by atoms with Crippen molar-refractivity contribution in [3.8, 4) is 22.9 Å². The zero-order chi connectivity index (χ0) is 23.2. The van der Waals surface area contributed by atoms with Gasteiger partial charge in [0.25, 0.3) is 5.91 Å². The van der Waals surface area contributed by atoms with Crippen molar-refractivity contribution in [3.05, 3.63) is 87.6 Å². The number of thiophene rings is 1. The third-order valence-corrected chi connectivity index (χ3v) is 6.28. The topological polar surface area (TPSA) is 56.6 Å². The number of aromatic nitrogens is 2. The van der Waals surface area contributed by atoms with E-state index >= 15 is 0 Å². The summed E-state index contributed by atoms with van der Waals surface area (Å²) in [6.45, 7) is 1.15. The van der Waals surface area contributed by atoms with Crippen LogP contribution in [0.4, 0.5) is 0 Å². The second kappa shape index (κ2) is 10.7. The second-order valence-corrected chi connectivity index (χ2v) is 8.71.